The van der Waals surface area contributed by atoms with Crippen molar-refractivity contribution in [1.29, 1.82) is 0 Å². The van der Waals surface area contributed by atoms with Crippen LogP contribution in [0, 0.1) is 5.92 Å². The van der Waals surface area contributed by atoms with E-state index >= 15 is 0 Å². The van der Waals surface area contributed by atoms with E-state index in [1.165, 1.54) is 18.2 Å². The number of hydrogen-bond donors (Lipinski definition) is 1. The third kappa shape index (κ3) is 4.50. The molecule has 0 aromatic heterocycles. The molecule has 3 nitrogen and oxygen atoms in total. The Morgan fingerprint density at radius 2 is 1.80 bits per heavy atom. The molecule has 0 radical (unpaired) electrons. The first-order valence-corrected chi connectivity index (χ1v) is 9.14. The van der Waals surface area contributed by atoms with Gasteiger partial charge in [0, 0.05) is 22.0 Å². The fourth-order valence-electron chi connectivity index (χ4n) is 2.41. The van der Waals surface area contributed by atoms with E-state index in [2.05, 4.69) is 4.72 Å². The van der Waals surface area contributed by atoms with Gasteiger partial charge in [0.1, 0.15) is 0 Å². The van der Waals surface area contributed by atoms with E-state index in [-0.39, 0.29) is 16.2 Å². The van der Waals surface area contributed by atoms with Gasteiger partial charge in [0.25, 0.3) is 0 Å². The summed E-state index contributed by atoms with van der Waals surface area (Å²) in [6.45, 7) is 0.398. The summed E-state index contributed by atoms with van der Waals surface area (Å²) < 4.78 is 27.0. The highest BCUT2D eigenvalue weighted by Gasteiger charge is 2.23. The van der Waals surface area contributed by atoms with Crippen molar-refractivity contribution < 1.29 is 8.42 Å². The summed E-state index contributed by atoms with van der Waals surface area (Å²) in [6, 6.07) is 4.28. The summed E-state index contributed by atoms with van der Waals surface area (Å²) in [7, 11) is -3.58. The Balaban J connectivity index is 2.03. The lowest BCUT2D eigenvalue weighted by molar-refractivity contribution is 0.361. The van der Waals surface area contributed by atoms with E-state index in [1.807, 2.05) is 0 Å². The van der Waals surface area contributed by atoms with Crippen LogP contribution in [0.1, 0.15) is 25.7 Å². The fourth-order valence-corrected chi connectivity index (χ4v) is 4.65. The topological polar surface area (TPSA) is 46.2 Å². The summed E-state index contributed by atoms with van der Waals surface area (Å²) in [6.07, 6.45) is 3.90. The van der Waals surface area contributed by atoms with Gasteiger partial charge in [-0.2, -0.15) is 0 Å². The molecule has 1 N–H and O–H groups in total. The zero-order valence-corrected chi connectivity index (χ0v) is 13.9. The quantitative estimate of drug-likeness (QED) is 0.827. The van der Waals surface area contributed by atoms with Gasteiger partial charge in [-0.15, -0.1) is 11.6 Å². The minimum absolute atomic E-state index is 0.0910. The standard InChI is InChI=1S/C13H16Cl3NO2S/c14-10-3-1-2-9(4-10)8-17-20(18,19)13-6-11(15)5-12(16)7-13/h5-7,9-10,17H,1-4,8H2. The van der Waals surface area contributed by atoms with E-state index in [4.69, 9.17) is 34.8 Å². The van der Waals surface area contributed by atoms with Crippen molar-refractivity contribution in [3.05, 3.63) is 28.2 Å². The zero-order valence-electron chi connectivity index (χ0n) is 10.8. The van der Waals surface area contributed by atoms with Crippen LogP contribution in [0.2, 0.25) is 10.0 Å². The maximum Gasteiger partial charge on any atom is 0.240 e. The van der Waals surface area contributed by atoms with Crippen molar-refractivity contribution in [2.24, 2.45) is 5.92 Å². The molecule has 1 aromatic carbocycles. The molecule has 1 aliphatic rings. The number of halogens is 3. The number of nitrogens with one attached hydrogen (secondary N) is 1. The van der Waals surface area contributed by atoms with Crippen molar-refractivity contribution in [1.82, 2.24) is 4.72 Å². The highest BCUT2D eigenvalue weighted by atomic mass is 35.5. The van der Waals surface area contributed by atoms with Gasteiger partial charge in [-0.1, -0.05) is 29.6 Å². The molecule has 1 aromatic rings. The minimum Gasteiger partial charge on any atom is -0.211 e. The van der Waals surface area contributed by atoms with Gasteiger partial charge in [0.15, 0.2) is 0 Å². The van der Waals surface area contributed by atoms with Gasteiger partial charge in [0.05, 0.1) is 4.90 Å². The molecule has 0 amide bonds. The highest BCUT2D eigenvalue weighted by molar-refractivity contribution is 7.89. The lowest BCUT2D eigenvalue weighted by Gasteiger charge is -2.25. The second-order valence-corrected chi connectivity index (χ2v) is 8.34. The van der Waals surface area contributed by atoms with Crippen LogP contribution in [0.4, 0.5) is 0 Å². The van der Waals surface area contributed by atoms with Crippen molar-refractivity contribution >= 4 is 44.8 Å². The third-order valence-electron chi connectivity index (χ3n) is 3.43. The third-order valence-corrected chi connectivity index (χ3v) is 5.66. The van der Waals surface area contributed by atoms with Crippen molar-refractivity contribution in [3.8, 4) is 0 Å². The van der Waals surface area contributed by atoms with Crippen molar-refractivity contribution in [2.45, 2.75) is 36.0 Å². The number of sulfonamides is 1. The summed E-state index contributed by atoms with van der Waals surface area (Å²) in [4.78, 5) is 0.0910. The van der Waals surface area contributed by atoms with E-state index in [9.17, 15) is 8.42 Å². The molecule has 2 rings (SSSR count). The van der Waals surface area contributed by atoms with Gasteiger partial charge in [-0.3, -0.25) is 0 Å². The molecule has 2 atom stereocenters. The smallest absolute Gasteiger partial charge is 0.211 e. The molecule has 2 unspecified atom stereocenters. The Morgan fingerprint density at radius 3 is 2.40 bits per heavy atom. The summed E-state index contributed by atoms with van der Waals surface area (Å²) in [5, 5.41) is 0.756. The Labute approximate surface area is 134 Å². The van der Waals surface area contributed by atoms with Crippen LogP contribution in [0.15, 0.2) is 23.1 Å². The van der Waals surface area contributed by atoms with Gasteiger partial charge in [-0.05, 0) is 43.4 Å². The van der Waals surface area contributed by atoms with E-state index < -0.39 is 10.0 Å². The molecule has 1 aliphatic carbocycles. The molecule has 1 saturated carbocycles. The van der Waals surface area contributed by atoms with Crippen LogP contribution in [0.3, 0.4) is 0 Å². The maximum atomic E-state index is 12.2. The first-order valence-electron chi connectivity index (χ1n) is 6.46. The second-order valence-electron chi connectivity index (χ2n) is 5.09. The van der Waals surface area contributed by atoms with Gasteiger partial charge in [0.2, 0.25) is 10.0 Å². The van der Waals surface area contributed by atoms with Gasteiger partial charge >= 0.3 is 0 Å². The van der Waals surface area contributed by atoms with E-state index in [1.54, 1.807) is 0 Å². The first-order chi connectivity index (χ1) is 9.37. The Hall–Kier alpha value is -0.000000000000000139. The lowest BCUT2D eigenvalue weighted by Crippen LogP contribution is -2.32. The van der Waals surface area contributed by atoms with E-state index in [0.29, 0.717) is 16.6 Å². The highest BCUT2D eigenvalue weighted by Crippen LogP contribution is 2.28. The minimum atomic E-state index is -3.58. The molecular weight excluding hydrogens is 341 g/mol. The molecule has 0 aliphatic heterocycles. The molecule has 112 valence electrons. The fraction of sp³-hybridized carbons (Fsp3) is 0.538. The number of benzene rings is 1. The molecule has 20 heavy (non-hydrogen) atoms. The number of hydrogen-bond acceptors (Lipinski definition) is 2. The largest absolute Gasteiger partial charge is 0.240 e. The molecule has 0 heterocycles. The molecule has 0 bridgehead atoms. The Bertz CT molecular complexity index is 557. The summed E-state index contributed by atoms with van der Waals surface area (Å²) >= 11 is 17.8. The summed E-state index contributed by atoms with van der Waals surface area (Å²) in [5.74, 6) is 0.288. The Morgan fingerprint density at radius 1 is 1.15 bits per heavy atom. The number of alkyl halides is 1. The molecule has 1 fully saturated rings. The second kappa shape index (κ2) is 6.84. The van der Waals surface area contributed by atoms with Crippen LogP contribution < -0.4 is 4.72 Å². The van der Waals surface area contributed by atoms with E-state index in [0.717, 1.165) is 25.7 Å². The molecular formula is C13H16Cl3NO2S. The predicted molar refractivity (Wildman–Crippen MR) is 83.2 cm³/mol. The van der Waals surface area contributed by atoms with Crippen molar-refractivity contribution in [3.63, 3.8) is 0 Å². The van der Waals surface area contributed by atoms with Gasteiger partial charge in [-0.25, -0.2) is 13.1 Å². The SMILES string of the molecule is O=S(=O)(NCC1CCCC(Cl)C1)c1cc(Cl)cc(Cl)c1. The average molecular weight is 357 g/mol. The summed E-state index contributed by atoms with van der Waals surface area (Å²) in [5.41, 5.74) is 0. The lowest BCUT2D eigenvalue weighted by atomic mass is 9.89. The zero-order chi connectivity index (χ0) is 14.8. The maximum absolute atomic E-state index is 12.2. The van der Waals surface area contributed by atoms with Gasteiger partial charge < -0.3 is 0 Å². The predicted octanol–water partition coefficient (Wildman–Crippen LogP) is 4.07. The number of rotatable bonds is 4. The van der Waals surface area contributed by atoms with Crippen LogP contribution in [-0.4, -0.2) is 20.3 Å². The Kier molecular flexibility index (Phi) is 5.60. The normalized spacial score (nSPS) is 23.8. The average Bonchev–Trinajstić information content (AvgIpc) is 2.35. The molecule has 0 saturated heterocycles. The van der Waals surface area contributed by atoms with Crippen LogP contribution in [0.25, 0.3) is 0 Å². The molecule has 0 spiro atoms. The van der Waals surface area contributed by atoms with Crippen LogP contribution in [0.5, 0.6) is 0 Å². The first kappa shape index (κ1) is 16.4. The van der Waals surface area contributed by atoms with Crippen LogP contribution in [-0.2, 0) is 10.0 Å². The molecule has 7 heteroatoms. The van der Waals surface area contributed by atoms with Crippen LogP contribution >= 0.6 is 34.8 Å². The monoisotopic (exact) mass is 355 g/mol. The van der Waals surface area contributed by atoms with Crippen molar-refractivity contribution in [2.75, 3.05) is 6.54 Å².